The number of hydrogen-bond acceptors (Lipinski definition) is 6. The van der Waals surface area contributed by atoms with Crippen LogP contribution in [0.4, 0.5) is 5.69 Å². The molecule has 0 radical (unpaired) electrons. The predicted octanol–water partition coefficient (Wildman–Crippen LogP) is 3.78. The first-order valence-electron chi connectivity index (χ1n) is 9.46. The maximum atomic E-state index is 12.2. The number of rotatable bonds is 9. The zero-order valence-electron chi connectivity index (χ0n) is 17.9. The summed E-state index contributed by atoms with van der Waals surface area (Å²) in [6, 6.07) is 9.21. The van der Waals surface area contributed by atoms with E-state index >= 15 is 0 Å². The molecule has 30 heavy (non-hydrogen) atoms. The summed E-state index contributed by atoms with van der Waals surface area (Å²) in [5.41, 5.74) is 3.39. The van der Waals surface area contributed by atoms with Crippen molar-refractivity contribution >= 4 is 23.6 Å². The van der Waals surface area contributed by atoms with Crippen LogP contribution in [0.25, 0.3) is 6.08 Å². The molecule has 0 aliphatic carbocycles. The number of amides is 1. The summed E-state index contributed by atoms with van der Waals surface area (Å²) in [6.07, 6.45) is 3.56. The quantitative estimate of drug-likeness (QED) is 0.498. The average Bonchev–Trinajstić information content (AvgIpc) is 2.76. The number of nitrogens with one attached hydrogen (secondary N) is 1. The number of anilines is 1. The minimum atomic E-state index is -0.639. The second-order valence-corrected chi connectivity index (χ2v) is 6.41. The summed E-state index contributed by atoms with van der Waals surface area (Å²) in [6.45, 7) is 3.55. The minimum Gasteiger partial charge on any atom is -0.493 e. The Bertz CT molecular complexity index is 910. The number of ether oxygens (including phenoxy) is 4. The summed E-state index contributed by atoms with van der Waals surface area (Å²) >= 11 is 0. The third-order valence-corrected chi connectivity index (χ3v) is 4.45. The number of esters is 1. The molecule has 0 aliphatic heterocycles. The van der Waals surface area contributed by atoms with Crippen LogP contribution in [0.15, 0.2) is 36.4 Å². The molecule has 0 aromatic heterocycles. The van der Waals surface area contributed by atoms with Gasteiger partial charge in [-0.3, -0.25) is 4.79 Å². The van der Waals surface area contributed by atoms with E-state index in [1.807, 2.05) is 32.0 Å². The number of hydrogen-bond donors (Lipinski definition) is 1. The van der Waals surface area contributed by atoms with Crippen molar-refractivity contribution in [1.82, 2.24) is 0 Å². The molecule has 0 bridgehead atoms. The number of carbonyl (C=O) groups excluding carboxylic acids is 2. The van der Waals surface area contributed by atoms with Gasteiger partial charge in [-0.25, -0.2) is 4.79 Å². The van der Waals surface area contributed by atoms with Crippen LogP contribution < -0.4 is 19.5 Å². The molecular weight excluding hydrogens is 386 g/mol. The van der Waals surface area contributed by atoms with Crippen molar-refractivity contribution in [3.05, 3.63) is 53.1 Å². The highest BCUT2D eigenvalue weighted by Gasteiger charge is 2.13. The van der Waals surface area contributed by atoms with E-state index in [0.717, 1.165) is 23.2 Å². The second kappa shape index (κ2) is 10.9. The van der Waals surface area contributed by atoms with Gasteiger partial charge in [-0.2, -0.15) is 0 Å². The molecule has 2 aromatic rings. The minimum absolute atomic E-state index is 0.379. The fourth-order valence-corrected chi connectivity index (χ4v) is 2.92. The number of carbonyl (C=O) groups is 2. The normalized spacial score (nSPS) is 10.6. The van der Waals surface area contributed by atoms with Crippen molar-refractivity contribution in [3.8, 4) is 17.2 Å². The monoisotopic (exact) mass is 413 g/mol. The first kappa shape index (κ1) is 22.8. The van der Waals surface area contributed by atoms with E-state index in [4.69, 9.17) is 18.9 Å². The van der Waals surface area contributed by atoms with E-state index in [1.165, 1.54) is 27.4 Å². The summed E-state index contributed by atoms with van der Waals surface area (Å²) in [5, 5.41) is 2.81. The molecular formula is C23H27NO6. The van der Waals surface area contributed by atoms with Crippen LogP contribution in [-0.2, 0) is 20.7 Å². The highest BCUT2D eigenvalue weighted by molar-refractivity contribution is 5.95. The molecule has 160 valence electrons. The highest BCUT2D eigenvalue weighted by atomic mass is 16.5. The van der Waals surface area contributed by atoms with E-state index in [-0.39, 0.29) is 6.61 Å². The smallest absolute Gasteiger partial charge is 0.331 e. The third-order valence-electron chi connectivity index (χ3n) is 4.45. The summed E-state index contributed by atoms with van der Waals surface area (Å²) in [4.78, 5) is 24.2. The van der Waals surface area contributed by atoms with Crippen LogP contribution in [0.3, 0.4) is 0 Å². The van der Waals surface area contributed by atoms with E-state index in [9.17, 15) is 9.59 Å². The average molecular weight is 413 g/mol. The molecule has 2 rings (SSSR count). The molecule has 0 fully saturated rings. The van der Waals surface area contributed by atoms with Gasteiger partial charge in [-0.15, -0.1) is 0 Å². The van der Waals surface area contributed by atoms with Gasteiger partial charge in [0, 0.05) is 11.8 Å². The largest absolute Gasteiger partial charge is 0.493 e. The molecule has 0 spiro atoms. The Morgan fingerprint density at radius 2 is 1.70 bits per heavy atom. The lowest BCUT2D eigenvalue weighted by Gasteiger charge is -2.13. The van der Waals surface area contributed by atoms with Crippen molar-refractivity contribution in [1.29, 1.82) is 0 Å². The van der Waals surface area contributed by atoms with E-state index in [1.54, 1.807) is 18.2 Å². The highest BCUT2D eigenvalue weighted by Crippen LogP contribution is 2.38. The Labute approximate surface area is 176 Å². The topological polar surface area (TPSA) is 83.1 Å². The standard InChI is InChI=1S/C23H27NO6/c1-6-17-9-7-8-15(2)22(17)24-20(25)14-30-21(26)11-10-16-12-18(27-3)23(29-5)19(13-16)28-4/h7-13H,6,14H2,1-5H3,(H,24,25)/b11-10+. The number of benzene rings is 2. The Morgan fingerprint density at radius 1 is 1.03 bits per heavy atom. The number of methoxy groups -OCH3 is 3. The summed E-state index contributed by atoms with van der Waals surface area (Å²) in [5.74, 6) is 0.357. The van der Waals surface area contributed by atoms with Gasteiger partial charge in [-0.1, -0.05) is 25.1 Å². The van der Waals surface area contributed by atoms with Gasteiger partial charge in [0.15, 0.2) is 18.1 Å². The van der Waals surface area contributed by atoms with E-state index in [2.05, 4.69) is 5.32 Å². The van der Waals surface area contributed by atoms with Crippen molar-refractivity contribution in [2.45, 2.75) is 20.3 Å². The maximum absolute atomic E-state index is 12.2. The molecule has 0 saturated heterocycles. The molecule has 0 unspecified atom stereocenters. The van der Waals surface area contributed by atoms with Crippen LogP contribution in [0.2, 0.25) is 0 Å². The molecule has 0 saturated carbocycles. The summed E-state index contributed by atoms with van der Waals surface area (Å²) in [7, 11) is 4.53. The van der Waals surface area contributed by atoms with Crippen LogP contribution >= 0.6 is 0 Å². The molecule has 1 N–H and O–H groups in total. The zero-order chi connectivity index (χ0) is 22.1. The van der Waals surface area contributed by atoms with Crippen molar-refractivity contribution in [2.75, 3.05) is 33.3 Å². The Balaban J connectivity index is 1.99. The number of aryl methyl sites for hydroxylation is 2. The molecule has 7 heteroatoms. The van der Waals surface area contributed by atoms with Crippen LogP contribution in [-0.4, -0.2) is 39.8 Å². The van der Waals surface area contributed by atoms with E-state index in [0.29, 0.717) is 22.8 Å². The van der Waals surface area contributed by atoms with E-state index < -0.39 is 11.9 Å². The predicted molar refractivity (Wildman–Crippen MR) is 115 cm³/mol. The van der Waals surface area contributed by atoms with Gasteiger partial charge in [-0.05, 0) is 48.2 Å². The Hall–Kier alpha value is -3.48. The maximum Gasteiger partial charge on any atom is 0.331 e. The zero-order valence-corrected chi connectivity index (χ0v) is 17.9. The van der Waals surface area contributed by atoms with Crippen LogP contribution in [0.5, 0.6) is 17.2 Å². The van der Waals surface area contributed by atoms with Gasteiger partial charge >= 0.3 is 5.97 Å². The van der Waals surface area contributed by atoms with Crippen molar-refractivity contribution in [2.24, 2.45) is 0 Å². The fourth-order valence-electron chi connectivity index (χ4n) is 2.92. The van der Waals surface area contributed by atoms with Gasteiger partial charge in [0.2, 0.25) is 5.75 Å². The lowest BCUT2D eigenvalue weighted by Crippen LogP contribution is -2.21. The van der Waals surface area contributed by atoms with Gasteiger partial charge < -0.3 is 24.3 Å². The molecule has 1 amide bonds. The van der Waals surface area contributed by atoms with Crippen LogP contribution in [0, 0.1) is 6.92 Å². The van der Waals surface area contributed by atoms with Gasteiger partial charge in [0.05, 0.1) is 21.3 Å². The Kier molecular flexibility index (Phi) is 8.29. The Morgan fingerprint density at radius 3 is 2.27 bits per heavy atom. The molecule has 7 nitrogen and oxygen atoms in total. The number of para-hydroxylation sites is 1. The molecule has 0 aliphatic rings. The lowest BCUT2D eigenvalue weighted by atomic mass is 10.1. The van der Waals surface area contributed by atoms with Gasteiger partial charge in [0.25, 0.3) is 5.91 Å². The summed E-state index contributed by atoms with van der Waals surface area (Å²) < 4.78 is 20.9. The first-order chi connectivity index (χ1) is 14.4. The first-order valence-corrected chi connectivity index (χ1v) is 9.46. The SMILES string of the molecule is CCc1cccc(C)c1NC(=O)COC(=O)/C=C/c1cc(OC)c(OC)c(OC)c1. The third kappa shape index (κ3) is 5.76. The second-order valence-electron chi connectivity index (χ2n) is 6.41. The fraction of sp³-hybridized carbons (Fsp3) is 0.304. The van der Waals surface area contributed by atoms with Crippen molar-refractivity contribution in [3.63, 3.8) is 0 Å². The molecule has 0 atom stereocenters. The molecule has 0 heterocycles. The lowest BCUT2D eigenvalue weighted by molar-refractivity contribution is -0.142. The van der Waals surface area contributed by atoms with Crippen LogP contribution in [0.1, 0.15) is 23.6 Å². The van der Waals surface area contributed by atoms with Gasteiger partial charge in [0.1, 0.15) is 0 Å². The molecule has 2 aromatic carbocycles. The van der Waals surface area contributed by atoms with Crippen molar-refractivity contribution < 1.29 is 28.5 Å².